The molecule has 0 rings (SSSR count). The second-order valence-corrected chi connectivity index (χ2v) is 5.18. The molecule has 0 fully saturated rings. The van der Waals surface area contributed by atoms with Crippen LogP contribution in [-0.4, -0.2) is 48.3 Å². The third-order valence-corrected chi connectivity index (χ3v) is 3.56. The molecule has 0 aromatic carbocycles. The Bertz CT molecular complexity index is 269. The van der Waals surface area contributed by atoms with Crippen LogP contribution >= 0.6 is 0 Å². The van der Waals surface area contributed by atoms with Crippen molar-refractivity contribution in [3.05, 3.63) is 0 Å². The molecule has 21 heavy (non-hydrogen) atoms. The van der Waals surface area contributed by atoms with Gasteiger partial charge in [-0.25, -0.2) is 0 Å². The minimum absolute atomic E-state index is 0.0486. The number of hydrogen-bond acceptors (Lipinski definition) is 4. The summed E-state index contributed by atoms with van der Waals surface area (Å²) in [6.07, 6.45) is 2.99. The fourth-order valence-corrected chi connectivity index (χ4v) is 2.13. The molecule has 0 radical (unpaired) electrons. The fourth-order valence-electron chi connectivity index (χ4n) is 2.13. The Morgan fingerprint density at radius 1 is 0.857 bits per heavy atom. The zero-order valence-corrected chi connectivity index (χ0v) is 13.2. The lowest BCUT2D eigenvalue weighted by Crippen LogP contribution is -2.37. The Morgan fingerprint density at radius 3 is 1.52 bits per heavy atom. The summed E-state index contributed by atoms with van der Waals surface area (Å²) in [5.74, 6) is -0.463. The highest BCUT2D eigenvalue weighted by Gasteiger charge is 2.24. The van der Waals surface area contributed by atoms with Gasteiger partial charge < -0.3 is 20.8 Å². The summed E-state index contributed by atoms with van der Waals surface area (Å²) < 4.78 is 0. The molecule has 6 nitrogen and oxygen atoms in total. The van der Waals surface area contributed by atoms with Crippen molar-refractivity contribution in [1.29, 1.82) is 0 Å². The van der Waals surface area contributed by atoms with Gasteiger partial charge in [0, 0.05) is 38.1 Å². The van der Waals surface area contributed by atoms with Gasteiger partial charge in [-0.05, 0) is 32.1 Å². The van der Waals surface area contributed by atoms with Crippen LogP contribution < -0.4 is 10.6 Å². The lowest BCUT2D eigenvalue weighted by molar-refractivity contribution is -0.128. The van der Waals surface area contributed by atoms with Gasteiger partial charge in [0.05, 0.1) is 0 Å². The van der Waals surface area contributed by atoms with Crippen LogP contribution in [0.25, 0.3) is 0 Å². The molecule has 124 valence electrons. The number of aliphatic hydroxyl groups excluding tert-OH is 2. The Kier molecular flexibility index (Phi) is 11.9. The molecule has 2 amide bonds. The van der Waals surface area contributed by atoms with Crippen LogP contribution in [0.3, 0.4) is 0 Å². The molecule has 0 bridgehead atoms. The van der Waals surface area contributed by atoms with E-state index in [0.717, 1.165) is 0 Å². The second kappa shape index (κ2) is 12.6. The fraction of sp³-hybridized carbons (Fsp3) is 0.867. The summed E-state index contributed by atoms with van der Waals surface area (Å²) in [5, 5.41) is 23.0. The summed E-state index contributed by atoms with van der Waals surface area (Å²) in [7, 11) is 0. The molecule has 2 unspecified atom stereocenters. The van der Waals surface area contributed by atoms with E-state index in [4.69, 9.17) is 10.2 Å². The summed E-state index contributed by atoms with van der Waals surface area (Å²) in [6, 6.07) is 0. The maximum Gasteiger partial charge on any atom is 0.223 e. The van der Waals surface area contributed by atoms with Gasteiger partial charge in [-0.2, -0.15) is 0 Å². The average Bonchev–Trinajstić information content (AvgIpc) is 2.48. The molecule has 0 aromatic rings. The molecule has 0 saturated heterocycles. The predicted molar refractivity (Wildman–Crippen MR) is 81.6 cm³/mol. The van der Waals surface area contributed by atoms with E-state index in [9.17, 15) is 9.59 Å². The third kappa shape index (κ3) is 8.67. The van der Waals surface area contributed by atoms with E-state index < -0.39 is 0 Å². The Hall–Kier alpha value is -1.14. The van der Waals surface area contributed by atoms with Crippen molar-refractivity contribution in [3.63, 3.8) is 0 Å². The summed E-state index contributed by atoms with van der Waals surface area (Å²) in [6.45, 7) is 4.92. The molecule has 0 aliphatic heterocycles. The molecular formula is C15H30N2O4. The largest absolute Gasteiger partial charge is 0.396 e. The van der Waals surface area contributed by atoms with Crippen molar-refractivity contribution in [1.82, 2.24) is 10.6 Å². The maximum atomic E-state index is 12.0. The number of carbonyl (C=O) groups excluding carboxylic acids is 2. The first-order chi connectivity index (χ1) is 10.1. The van der Waals surface area contributed by atoms with E-state index in [1.807, 2.05) is 13.8 Å². The van der Waals surface area contributed by atoms with Gasteiger partial charge in [0.25, 0.3) is 0 Å². The van der Waals surface area contributed by atoms with E-state index in [-0.39, 0.29) is 36.9 Å². The zero-order valence-electron chi connectivity index (χ0n) is 13.2. The first kappa shape index (κ1) is 19.9. The van der Waals surface area contributed by atoms with E-state index >= 15 is 0 Å². The third-order valence-electron chi connectivity index (χ3n) is 3.56. The lowest BCUT2D eigenvalue weighted by Gasteiger charge is -2.21. The van der Waals surface area contributed by atoms with E-state index in [2.05, 4.69) is 10.6 Å². The first-order valence-electron chi connectivity index (χ1n) is 7.87. The smallest absolute Gasteiger partial charge is 0.223 e. The lowest BCUT2D eigenvalue weighted by atomic mass is 9.89. The summed E-state index contributed by atoms with van der Waals surface area (Å²) >= 11 is 0. The summed E-state index contributed by atoms with van der Waals surface area (Å²) in [4.78, 5) is 24.1. The van der Waals surface area contributed by atoms with Crippen LogP contribution in [-0.2, 0) is 9.59 Å². The van der Waals surface area contributed by atoms with Gasteiger partial charge in [0.15, 0.2) is 0 Å². The number of carbonyl (C=O) groups is 2. The highest BCUT2D eigenvalue weighted by Crippen LogP contribution is 2.19. The molecule has 0 aromatic heterocycles. The van der Waals surface area contributed by atoms with Gasteiger partial charge in [0.1, 0.15) is 0 Å². The second-order valence-electron chi connectivity index (χ2n) is 5.18. The van der Waals surface area contributed by atoms with Gasteiger partial charge in [-0.15, -0.1) is 0 Å². The minimum atomic E-state index is -0.183. The normalized spacial score (nSPS) is 13.5. The Balaban J connectivity index is 4.32. The van der Waals surface area contributed by atoms with Crippen LogP contribution in [0.15, 0.2) is 0 Å². The van der Waals surface area contributed by atoms with Crippen molar-refractivity contribution in [2.24, 2.45) is 11.8 Å². The maximum absolute atomic E-state index is 12.0. The predicted octanol–water partition coefficient (Wildman–Crippen LogP) is 0.426. The van der Waals surface area contributed by atoms with Gasteiger partial charge in [0.2, 0.25) is 11.8 Å². The van der Waals surface area contributed by atoms with E-state index in [1.165, 1.54) is 0 Å². The van der Waals surface area contributed by atoms with Crippen LogP contribution in [0.2, 0.25) is 0 Å². The topological polar surface area (TPSA) is 98.7 Å². The SMILES string of the molecule is CCC(CC(CC)C(=O)NCCCO)C(=O)NCCCO. The van der Waals surface area contributed by atoms with Crippen molar-refractivity contribution in [2.45, 2.75) is 46.0 Å². The van der Waals surface area contributed by atoms with Crippen LogP contribution in [0.1, 0.15) is 46.0 Å². The molecule has 2 atom stereocenters. The molecule has 0 saturated carbocycles. The number of amides is 2. The highest BCUT2D eigenvalue weighted by atomic mass is 16.3. The monoisotopic (exact) mass is 302 g/mol. The van der Waals surface area contributed by atoms with Gasteiger partial charge in [-0.3, -0.25) is 9.59 Å². The number of rotatable bonds is 12. The van der Waals surface area contributed by atoms with E-state index in [1.54, 1.807) is 0 Å². The molecule has 0 spiro atoms. The van der Waals surface area contributed by atoms with Gasteiger partial charge >= 0.3 is 0 Å². The molecule has 6 heteroatoms. The van der Waals surface area contributed by atoms with Crippen LogP contribution in [0.4, 0.5) is 0 Å². The highest BCUT2D eigenvalue weighted by molar-refractivity contribution is 5.81. The number of aliphatic hydroxyl groups is 2. The van der Waals surface area contributed by atoms with Gasteiger partial charge in [-0.1, -0.05) is 13.8 Å². The molecule has 4 N–H and O–H groups in total. The molecule has 0 heterocycles. The zero-order chi connectivity index (χ0) is 16.1. The van der Waals surface area contributed by atoms with E-state index in [0.29, 0.717) is 45.2 Å². The Morgan fingerprint density at radius 2 is 1.24 bits per heavy atom. The first-order valence-corrected chi connectivity index (χ1v) is 7.87. The average molecular weight is 302 g/mol. The molecule has 0 aliphatic carbocycles. The minimum Gasteiger partial charge on any atom is -0.396 e. The summed E-state index contributed by atoms with van der Waals surface area (Å²) in [5.41, 5.74) is 0. The van der Waals surface area contributed by atoms with Crippen molar-refractivity contribution in [3.8, 4) is 0 Å². The van der Waals surface area contributed by atoms with Crippen LogP contribution in [0, 0.1) is 11.8 Å². The number of hydrogen-bond donors (Lipinski definition) is 4. The molecule has 0 aliphatic rings. The standard InChI is InChI=1S/C15H30N2O4/c1-3-12(14(20)16-7-5-9-18)11-13(4-2)15(21)17-8-6-10-19/h12-13,18-19H,3-11H2,1-2H3,(H,16,20)(H,17,21). The van der Waals surface area contributed by atoms with Crippen molar-refractivity contribution in [2.75, 3.05) is 26.3 Å². The van der Waals surface area contributed by atoms with Crippen molar-refractivity contribution >= 4 is 11.8 Å². The quantitative estimate of drug-likeness (QED) is 0.393. The number of nitrogens with one attached hydrogen (secondary N) is 2. The Labute approximate surface area is 127 Å². The van der Waals surface area contributed by atoms with Crippen molar-refractivity contribution < 1.29 is 19.8 Å². The van der Waals surface area contributed by atoms with Crippen LogP contribution in [0.5, 0.6) is 0 Å². The molecular weight excluding hydrogens is 272 g/mol.